The van der Waals surface area contributed by atoms with Gasteiger partial charge in [-0.15, -0.1) is 11.8 Å². The molecule has 2 nitrogen and oxygen atoms in total. The minimum atomic E-state index is 0.350. The second-order valence-electron chi connectivity index (χ2n) is 3.58. The second-order valence-corrected chi connectivity index (χ2v) is 5.07. The monoisotopic (exact) mass is 230 g/mol. The number of rotatable bonds is 4. The fourth-order valence-electron chi connectivity index (χ4n) is 1.61. The van der Waals surface area contributed by atoms with E-state index in [0.29, 0.717) is 12.6 Å². The predicted molar refractivity (Wildman–Crippen MR) is 68.6 cm³/mol. The quantitative estimate of drug-likeness (QED) is 0.725. The van der Waals surface area contributed by atoms with Crippen molar-refractivity contribution in [2.24, 2.45) is 5.73 Å². The lowest BCUT2D eigenvalue weighted by Gasteiger charge is -2.15. The van der Waals surface area contributed by atoms with Crippen molar-refractivity contribution in [2.45, 2.75) is 32.2 Å². The van der Waals surface area contributed by atoms with Crippen molar-refractivity contribution < 1.29 is 0 Å². The molecule has 0 heterocycles. The lowest BCUT2D eigenvalue weighted by molar-refractivity contribution is 0.609. The smallest absolute Gasteiger partial charge is 0.0752 e. The van der Waals surface area contributed by atoms with Crippen LogP contribution in [0.4, 0.5) is 0 Å². The molecule has 4 heteroatoms. The number of thiocarbonyl (C=S) groups is 1. The average molecular weight is 230 g/mol. The number of thioether (sulfide) groups is 1. The highest BCUT2D eigenvalue weighted by Gasteiger charge is 2.18. The van der Waals surface area contributed by atoms with E-state index in [1.807, 2.05) is 6.26 Å². The van der Waals surface area contributed by atoms with Crippen molar-refractivity contribution in [1.82, 2.24) is 5.32 Å². The van der Waals surface area contributed by atoms with Crippen LogP contribution >= 0.6 is 24.0 Å². The summed E-state index contributed by atoms with van der Waals surface area (Å²) in [6.45, 7) is 2.77. The third-order valence-electron chi connectivity index (χ3n) is 2.42. The van der Waals surface area contributed by atoms with E-state index in [-0.39, 0.29) is 0 Å². The average Bonchev–Trinajstić information content (AvgIpc) is 2.64. The zero-order valence-electron chi connectivity index (χ0n) is 8.80. The van der Waals surface area contributed by atoms with Gasteiger partial charge in [0, 0.05) is 18.3 Å². The Morgan fingerprint density at radius 3 is 2.93 bits per heavy atom. The van der Waals surface area contributed by atoms with Crippen molar-refractivity contribution in [1.29, 1.82) is 0 Å². The minimum absolute atomic E-state index is 0.350. The summed E-state index contributed by atoms with van der Waals surface area (Å²) < 4.78 is 1.04. The van der Waals surface area contributed by atoms with Gasteiger partial charge in [-0.05, 0) is 38.0 Å². The molecule has 0 saturated carbocycles. The summed E-state index contributed by atoms with van der Waals surface area (Å²) >= 11 is 6.98. The van der Waals surface area contributed by atoms with E-state index in [2.05, 4.69) is 12.2 Å². The maximum absolute atomic E-state index is 5.58. The number of nitrogens with two attached hydrogens (primary N) is 1. The van der Waals surface area contributed by atoms with Gasteiger partial charge in [-0.25, -0.2) is 0 Å². The van der Waals surface area contributed by atoms with E-state index in [0.717, 1.165) is 17.0 Å². The SMILES string of the molecule is CSC(=S)C1=C(NC(C)CN)CCC1. The number of hydrogen-bond acceptors (Lipinski definition) is 4. The van der Waals surface area contributed by atoms with Gasteiger partial charge < -0.3 is 11.1 Å². The van der Waals surface area contributed by atoms with E-state index in [9.17, 15) is 0 Å². The molecule has 0 aromatic rings. The summed E-state index contributed by atoms with van der Waals surface area (Å²) in [4.78, 5) is 0. The minimum Gasteiger partial charge on any atom is -0.384 e. The summed E-state index contributed by atoms with van der Waals surface area (Å²) in [5, 5.41) is 3.45. The van der Waals surface area contributed by atoms with E-state index in [1.165, 1.54) is 17.7 Å². The van der Waals surface area contributed by atoms with Crippen molar-refractivity contribution in [3.63, 3.8) is 0 Å². The molecule has 1 aliphatic carbocycles. The van der Waals surface area contributed by atoms with Crippen LogP contribution in [0.1, 0.15) is 26.2 Å². The van der Waals surface area contributed by atoms with Gasteiger partial charge >= 0.3 is 0 Å². The van der Waals surface area contributed by atoms with Crippen LogP contribution in [-0.2, 0) is 0 Å². The largest absolute Gasteiger partial charge is 0.384 e. The Morgan fingerprint density at radius 2 is 2.36 bits per heavy atom. The molecule has 0 radical (unpaired) electrons. The van der Waals surface area contributed by atoms with Gasteiger partial charge in [-0.2, -0.15) is 0 Å². The van der Waals surface area contributed by atoms with E-state index in [4.69, 9.17) is 18.0 Å². The van der Waals surface area contributed by atoms with Crippen molar-refractivity contribution in [3.05, 3.63) is 11.3 Å². The van der Waals surface area contributed by atoms with E-state index >= 15 is 0 Å². The van der Waals surface area contributed by atoms with Crippen LogP contribution in [0.25, 0.3) is 0 Å². The highest BCUT2D eigenvalue weighted by Crippen LogP contribution is 2.28. The molecular weight excluding hydrogens is 212 g/mol. The number of hydrogen-bond donors (Lipinski definition) is 2. The van der Waals surface area contributed by atoms with Crippen LogP contribution in [0.2, 0.25) is 0 Å². The van der Waals surface area contributed by atoms with Crippen LogP contribution in [-0.4, -0.2) is 23.0 Å². The summed E-state index contributed by atoms with van der Waals surface area (Å²) in [5.41, 5.74) is 8.24. The molecule has 0 amide bonds. The fraction of sp³-hybridized carbons (Fsp3) is 0.700. The predicted octanol–water partition coefficient (Wildman–Crippen LogP) is 2.05. The molecule has 0 fully saturated rings. The third kappa shape index (κ3) is 2.97. The molecule has 0 aliphatic heterocycles. The first kappa shape index (κ1) is 12.0. The zero-order chi connectivity index (χ0) is 10.6. The maximum atomic E-state index is 5.58. The summed E-state index contributed by atoms with van der Waals surface area (Å²) in [7, 11) is 0. The Kier molecular flexibility index (Phi) is 4.92. The van der Waals surface area contributed by atoms with Crippen LogP contribution in [0.5, 0.6) is 0 Å². The third-order valence-corrected chi connectivity index (χ3v) is 3.79. The van der Waals surface area contributed by atoms with Crippen molar-refractivity contribution in [2.75, 3.05) is 12.8 Å². The van der Waals surface area contributed by atoms with Gasteiger partial charge in [0.2, 0.25) is 0 Å². The fourth-order valence-corrected chi connectivity index (χ4v) is 2.30. The first-order valence-electron chi connectivity index (χ1n) is 4.96. The normalized spacial score (nSPS) is 18.5. The second kappa shape index (κ2) is 5.73. The Balaban J connectivity index is 2.67. The Bertz CT molecular complexity index is 249. The van der Waals surface area contributed by atoms with Crippen LogP contribution in [0.3, 0.4) is 0 Å². The van der Waals surface area contributed by atoms with Gasteiger partial charge in [0.25, 0.3) is 0 Å². The topological polar surface area (TPSA) is 38.0 Å². The van der Waals surface area contributed by atoms with Crippen LogP contribution in [0.15, 0.2) is 11.3 Å². The summed E-state index contributed by atoms with van der Waals surface area (Å²) in [6, 6.07) is 0.350. The zero-order valence-corrected chi connectivity index (χ0v) is 10.4. The van der Waals surface area contributed by atoms with Gasteiger partial charge in [0.1, 0.15) is 0 Å². The van der Waals surface area contributed by atoms with Gasteiger partial charge in [-0.3, -0.25) is 0 Å². The molecule has 14 heavy (non-hydrogen) atoms. The number of nitrogens with one attached hydrogen (secondary N) is 1. The van der Waals surface area contributed by atoms with Gasteiger partial charge in [0.05, 0.1) is 4.20 Å². The summed E-state index contributed by atoms with van der Waals surface area (Å²) in [5.74, 6) is 0. The molecule has 1 rings (SSSR count). The molecule has 1 aliphatic rings. The molecule has 0 aromatic heterocycles. The molecule has 3 N–H and O–H groups in total. The molecule has 80 valence electrons. The number of allylic oxidation sites excluding steroid dienone is 1. The first-order chi connectivity index (χ1) is 6.69. The highest BCUT2D eigenvalue weighted by molar-refractivity contribution is 8.23. The molecular formula is C10H18N2S2. The van der Waals surface area contributed by atoms with Crippen LogP contribution in [0, 0.1) is 0 Å². The Hall–Kier alpha value is -0.0600. The lowest BCUT2D eigenvalue weighted by atomic mass is 10.2. The molecule has 1 atom stereocenters. The molecule has 0 aromatic carbocycles. The molecule has 0 spiro atoms. The lowest BCUT2D eigenvalue weighted by Crippen LogP contribution is -2.32. The van der Waals surface area contributed by atoms with Crippen LogP contribution < -0.4 is 11.1 Å². The van der Waals surface area contributed by atoms with Gasteiger partial charge in [0.15, 0.2) is 0 Å². The van der Waals surface area contributed by atoms with Crippen molar-refractivity contribution in [3.8, 4) is 0 Å². The van der Waals surface area contributed by atoms with Gasteiger partial charge in [-0.1, -0.05) is 12.2 Å². The molecule has 0 saturated heterocycles. The standard InChI is InChI=1S/C10H18N2S2/c1-7(6-11)12-9-5-3-4-8(9)10(13)14-2/h7,12H,3-6,11H2,1-2H3. The first-order valence-corrected chi connectivity index (χ1v) is 6.59. The van der Waals surface area contributed by atoms with E-state index in [1.54, 1.807) is 11.8 Å². The Labute approximate surface area is 95.7 Å². The highest BCUT2D eigenvalue weighted by atomic mass is 32.2. The molecule has 1 unspecified atom stereocenters. The summed E-state index contributed by atoms with van der Waals surface area (Å²) in [6.07, 6.45) is 5.51. The Morgan fingerprint density at radius 1 is 1.64 bits per heavy atom. The molecule has 0 bridgehead atoms. The van der Waals surface area contributed by atoms with E-state index < -0.39 is 0 Å². The maximum Gasteiger partial charge on any atom is 0.0752 e. The van der Waals surface area contributed by atoms with Crippen molar-refractivity contribution >= 4 is 28.2 Å².